The number of unbranched alkanes of at least 4 members (excludes halogenated alkanes) is 1. The summed E-state index contributed by atoms with van der Waals surface area (Å²) in [6, 6.07) is 0.638. The van der Waals surface area contributed by atoms with Gasteiger partial charge < -0.3 is 15.3 Å². The van der Waals surface area contributed by atoms with Crippen LogP contribution in [-0.2, 0) is 0 Å². The second-order valence-electron chi connectivity index (χ2n) is 5.73. The monoisotopic (exact) mass is 256 g/mol. The maximum absolute atomic E-state index is 8.85. The highest BCUT2D eigenvalue weighted by Gasteiger charge is 2.25. The number of nitrogens with one attached hydrogen (secondary N) is 1. The van der Waals surface area contributed by atoms with Crippen LogP contribution in [0.1, 0.15) is 52.4 Å². The van der Waals surface area contributed by atoms with Gasteiger partial charge in [0.2, 0.25) is 0 Å². The van der Waals surface area contributed by atoms with Crippen LogP contribution in [0.5, 0.6) is 0 Å². The third-order valence-corrected chi connectivity index (χ3v) is 3.89. The molecule has 2 unspecified atom stereocenters. The molecular formula is C15H32N2O. The molecule has 0 aliphatic carbocycles. The van der Waals surface area contributed by atoms with E-state index < -0.39 is 0 Å². The lowest BCUT2D eigenvalue weighted by molar-refractivity contribution is 0.133. The van der Waals surface area contributed by atoms with Gasteiger partial charge in [0, 0.05) is 25.7 Å². The number of rotatable bonds is 9. The summed E-state index contributed by atoms with van der Waals surface area (Å²) in [6.07, 6.45) is 7.52. The van der Waals surface area contributed by atoms with E-state index in [1.165, 1.54) is 51.7 Å². The number of likely N-dealkylation sites (tertiary alicyclic amines) is 1. The minimum atomic E-state index is 0.303. The second kappa shape index (κ2) is 9.76. The van der Waals surface area contributed by atoms with Crippen LogP contribution in [0, 0.1) is 5.92 Å². The summed E-state index contributed by atoms with van der Waals surface area (Å²) in [5, 5.41) is 12.5. The van der Waals surface area contributed by atoms with Crippen molar-refractivity contribution >= 4 is 0 Å². The fraction of sp³-hybridized carbons (Fsp3) is 1.00. The molecule has 0 spiro atoms. The van der Waals surface area contributed by atoms with E-state index in [9.17, 15) is 0 Å². The van der Waals surface area contributed by atoms with E-state index in [1.54, 1.807) is 0 Å². The summed E-state index contributed by atoms with van der Waals surface area (Å²) in [7, 11) is 0. The molecule has 108 valence electrons. The molecule has 1 aliphatic rings. The molecule has 18 heavy (non-hydrogen) atoms. The lowest BCUT2D eigenvalue weighted by Gasteiger charge is -2.38. The van der Waals surface area contributed by atoms with Crippen LogP contribution in [0.3, 0.4) is 0 Å². The summed E-state index contributed by atoms with van der Waals surface area (Å²) < 4.78 is 0. The quantitative estimate of drug-likeness (QED) is 0.621. The van der Waals surface area contributed by atoms with Crippen LogP contribution in [0.4, 0.5) is 0 Å². The number of piperidine rings is 1. The van der Waals surface area contributed by atoms with Gasteiger partial charge in [-0.1, -0.05) is 26.7 Å². The van der Waals surface area contributed by atoms with Gasteiger partial charge in [0.05, 0.1) is 0 Å². The molecule has 1 saturated heterocycles. The van der Waals surface area contributed by atoms with E-state index in [0.717, 1.165) is 18.9 Å². The van der Waals surface area contributed by atoms with Gasteiger partial charge in [-0.05, 0) is 44.7 Å². The Morgan fingerprint density at radius 2 is 2.00 bits per heavy atom. The molecule has 2 N–H and O–H groups in total. The normalized spacial score (nSPS) is 25.5. The van der Waals surface area contributed by atoms with Crippen molar-refractivity contribution in [3.8, 4) is 0 Å². The lowest BCUT2D eigenvalue weighted by atomic mass is 9.89. The Bertz CT molecular complexity index is 199. The summed E-state index contributed by atoms with van der Waals surface area (Å²) in [5.41, 5.74) is 0. The second-order valence-corrected chi connectivity index (χ2v) is 5.73. The number of nitrogens with zero attached hydrogens (tertiary/aromatic N) is 1. The van der Waals surface area contributed by atoms with Crippen LogP contribution in [-0.4, -0.2) is 48.8 Å². The van der Waals surface area contributed by atoms with E-state index in [0.29, 0.717) is 12.6 Å². The van der Waals surface area contributed by atoms with Crippen molar-refractivity contribution in [2.75, 3.05) is 32.8 Å². The van der Waals surface area contributed by atoms with Crippen molar-refractivity contribution in [2.45, 2.75) is 58.4 Å². The van der Waals surface area contributed by atoms with Gasteiger partial charge in [-0.15, -0.1) is 0 Å². The van der Waals surface area contributed by atoms with Crippen molar-refractivity contribution in [3.05, 3.63) is 0 Å². The molecule has 0 aromatic carbocycles. The van der Waals surface area contributed by atoms with Crippen molar-refractivity contribution in [2.24, 2.45) is 5.92 Å². The first-order chi connectivity index (χ1) is 8.80. The predicted molar refractivity (Wildman–Crippen MR) is 77.9 cm³/mol. The van der Waals surface area contributed by atoms with Crippen molar-refractivity contribution in [1.29, 1.82) is 0 Å². The fourth-order valence-corrected chi connectivity index (χ4v) is 3.04. The van der Waals surface area contributed by atoms with Crippen molar-refractivity contribution in [1.82, 2.24) is 10.2 Å². The van der Waals surface area contributed by atoms with Gasteiger partial charge in [-0.3, -0.25) is 0 Å². The molecule has 0 aromatic rings. The standard InChI is InChI=1S/C15H32N2O/c1-3-5-7-14-11-15(16-8-6-10-18)13-17(12-14)9-4-2/h14-16,18H,3-13H2,1-2H3. The minimum Gasteiger partial charge on any atom is -0.396 e. The number of aliphatic hydroxyl groups excluding tert-OH is 1. The summed E-state index contributed by atoms with van der Waals surface area (Å²) in [5.74, 6) is 0.872. The van der Waals surface area contributed by atoms with Crippen LogP contribution in [0.2, 0.25) is 0 Å². The first-order valence-electron chi connectivity index (χ1n) is 7.86. The smallest absolute Gasteiger partial charge is 0.0443 e. The Balaban J connectivity index is 2.35. The van der Waals surface area contributed by atoms with E-state index in [-0.39, 0.29) is 0 Å². The average molecular weight is 256 g/mol. The van der Waals surface area contributed by atoms with E-state index in [2.05, 4.69) is 24.1 Å². The third kappa shape index (κ3) is 6.17. The summed E-state index contributed by atoms with van der Waals surface area (Å²) in [4.78, 5) is 2.63. The van der Waals surface area contributed by atoms with Crippen LogP contribution < -0.4 is 5.32 Å². The Morgan fingerprint density at radius 1 is 1.17 bits per heavy atom. The molecule has 0 radical (unpaired) electrons. The van der Waals surface area contributed by atoms with Gasteiger partial charge in [-0.2, -0.15) is 0 Å². The fourth-order valence-electron chi connectivity index (χ4n) is 3.04. The van der Waals surface area contributed by atoms with Gasteiger partial charge in [0.1, 0.15) is 0 Å². The zero-order valence-corrected chi connectivity index (χ0v) is 12.3. The van der Waals surface area contributed by atoms with Crippen LogP contribution >= 0.6 is 0 Å². The SMILES string of the molecule is CCCCC1CC(NCCCO)CN(CCC)C1. The molecule has 3 heteroatoms. The van der Waals surface area contributed by atoms with Crippen molar-refractivity contribution in [3.63, 3.8) is 0 Å². The van der Waals surface area contributed by atoms with E-state index in [1.807, 2.05) is 0 Å². The molecule has 0 bridgehead atoms. The minimum absolute atomic E-state index is 0.303. The maximum Gasteiger partial charge on any atom is 0.0443 e. The lowest BCUT2D eigenvalue weighted by Crippen LogP contribution is -2.49. The van der Waals surface area contributed by atoms with Crippen LogP contribution in [0.15, 0.2) is 0 Å². The third-order valence-electron chi connectivity index (χ3n) is 3.89. The van der Waals surface area contributed by atoms with Gasteiger partial charge in [0.25, 0.3) is 0 Å². The molecule has 1 fully saturated rings. The van der Waals surface area contributed by atoms with E-state index >= 15 is 0 Å². The Labute approximate surface area is 113 Å². The molecule has 0 saturated carbocycles. The van der Waals surface area contributed by atoms with Gasteiger partial charge in [0.15, 0.2) is 0 Å². The molecular weight excluding hydrogens is 224 g/mol. The molecule has 1 heterocycles. The highest BCUT2D eigenvalue weighted by molar-refractivity contribution is 4.83. The number of hydrogen-bond acceptors (Lipinski definition) is 3. The first kappa shape index (κ1) is 15.9. The largest absolute Gasteiger partial charge is 0.396 e. The average Bonchev–Trinajstić information content (AvgIpc) is 2.37. The molecule has 1 rings (SSSR count). The molecule has 0 amide bonds. The molecule has 0 aromatic heterocycles. The highest BCUT2D eigenvalue weighted by Crippen LogP contribution is 2.22. The predicted octanol–water partition coefficient (Wildman–Crippen LogP) is 2.25. The zero-order chi connectivity index (χ0) is 13.2. The zero-order valence-electron chi connectivity index (χ0n) is 12.3. The molecule has 3 nitrogen and oxygen atoms in total. The Hall–Kier alpha value is -0.120. The maximum atomic E-state index is 8.85. The van der Waals surface area contributed by atoms with Crippen LogP contribution in [0.25, 0.3) is 0 Å². The first-order valence-corrected chi connectivity index (χ1v) is 7.86. The Morgan fingerprint density at radius 3 is 2.67 bits per heavy atom. The van der Waals surface area contributed by atoms with Gasteiger partial charge in [-0.25, -0.2) is 0 Å². The number of hydrogen-bond donors (Lipinski definition) is 2. The molecule has 1 aliphatic heterocycles. The summed E-state index contributed by atoms with van der Waals surface area (Å²) in [6.45, 7) is 9.54. The topological polar surface area (TPSA) is 35.5 Å². The molecule has 2 atom stereocenters. The Kier molecular flexibility index (Phi) is 8.64. The van der Waals surface area contributed by atoms with Crippen molar-refractivity contribution < 1.29 is 5.11 Å². The summed E-state index contributed by atoms with van der Waals surface area (Å²) >= 11 is 0. The number of aliphatic hydroxyl groups is 1. The van der Waals surface area contributed by atoms with E-state index in [4.69, 9.17) is 5.11 Å². The highest BCUT2D eigenvalue weighted by atomic mass is 16.3. The van der Waals surface area contributed by atoms with Gasteiger partial charge >= 0.3 is 0 Å².